The third-order valence-electron chi connectivity index (χ3n) is 5.02. The molecule has 1 aromatic rings. The smallest absolute Gasteiger partial charge is 0.125 e. The standard InChI is InChI=1S/C17H24FNO/c1-12-4-3-8-17(9-7-12)11-15(19-2)14-10-13(18)5-6-16(14)20-17/h5-6,10,12,15,19H,3-4,7-9,11H2,1-2H3. The Morgan fingerprint density at radius 3 is 2.95 bits per heavy atom. The maximum absolute atomic E-state index is 13.5. The van der Waals surface area contributed by atoms with Gasteiger partial charge in [0.15, 0.2) is 0 Å². The molecule has 1 aromatic carbocycles. The summed E-state index contributed by atoms with van der Waals surface area (Å²) in [5, 5.41) is 3.34. The minimum Gasteiger partial charge on any atom is -0.487 e. The van der Waals surface area contributed by atoms with Gasteiger partial charge in [0.25, 0.3) is 0 Å². The van der Waals surface area contributed by atoms with Crippen molar-refractivity contribution in [2.45, 2.75) is 57.1 Å². The molecule has 3 rings (SSSR count). The van der Waals surface area contributed by atoms with E-state index in [-0.39, 0.29) is 17.5 Å². The van der Waals surface area contributed by atoms with E-state index in [0.717, 1.165) is 36.5 Å². The van der Waals surface area contributed by atoms with Gasteiger partial charge in [0.1, 0.15) is 17.2 Å². The second-order valence-electron chi connectivity index (χ2n) is 6.55. The van der Waals surface area contributed by atoms with Crippen LogP contribution in [0.25, 0.3) is 0 Å². The molecule has 3 unspecified atom stereocenters. The normalized spacial score (nSPS) is 33.4. The Labute approximate surface area is 120 Å². The Bertz CT molecular complexity index is 490. The molecule has 2 nitrogen and oxygen atoms in total. The van der Waals surface area contributed by atoms with Crippen LogP contribution in [0, 0.1) is 11.7 Å². The van der Waals surface area contributed by atoms with Gasteiger partial charge in [-0.05, 0) is 56.8 Å². The second kappa shape index (κ2) is 5.36. The van der Waals surface area contributed by atoms with Crippen molar-refractivity contribution in [2.24, 2.45) is 5.92 Å². The van der Waals surface area contributed by atoms with E-state index in [1.807, 2.05) is 7.05 Å². The Balaban J connectivity index is 1.92. The SMILES string of the molecule is CNC1CC2(CCCC(C)CC2)Oc2ccc(F)cc21. The molecule has 0 radical (unpaired) electrons. The van der Waals surface area contributed by atoms with E-state index in [9.17, 15) is 4.39 Å². The summed E-state index contributed by atoms with van der Waals surface area (Å²) >= 11 is 0. The zero-order chi connectivity index (χ0) is 14.2. The highest BCUT2D eigenvalue weighted by atomic mass is 19.1. The quantitative estimate of drug-likeness (QED) is 0.830. The molecule has 1 N–H and O–H groups in total. The molecule has 0 amide bonds. The van der Waals surface area contributed by atoms with Crippen LogP contribution in [0.15, 0.2) is 18.2 Å². The molecular weight excluding hydrogens is 253 g/mol. The van der Waals surface area contributed by atoms with Gasteiger partial charge in [-0.3, -0.25) is 0 Å². The molecule has 1 saturated carbocycles. The van der Waals surface area contributed by atoms with Gasteiger partial charge in [-0.15, -0.1) is 0 Å². The first-order valence-corrected chi connectivity index (χ1v) is 7.78. The molecule has 110 valence electrons. The van der Waals surface area contributed by atoms with Crippen LogP contribution in [-0.4, -0.2) is 12.6 Å². The summed E-state index contributed by atoms with van der Waals surface area (Å²) < 4.78 is 19.8. The van der Waals surface area contributed by atoms with Crippen molar-refractivity contribution in [3.63, 3.8) is 0 Å². The zero-order valence-corrected chi connectivity index (χ0v) is 12.4. The summed E-state index contributed by atoms with van der Waals surface area (Å²) in [5.41, 5.74) is 0.916. The lowest BCUT2D eigenvalue weighted by Gasteiger charge is -2.42. The summed E-state index contributed by atoms with van der Waals surface area (Å²) in [6.45, 7) is 2.33. The molecule has 2 aliphatic rings. The van der Waals surface area contributed by atoms with Gasteiger partial charge < -0.3 is 10.1 Å². The van der Waals surface area contributed by atoms with E-state index in [1.165, 1.54) is 25.3 Å². The number of nitrogens with one attached hydrogen (secondary N) is 1. The van der Waals surface area contributed by atoms with Gasteiger partial charge in [0.05, 0.1) is 0 Å². The number of hydrogen-bond acceptors (Lipinski definition) is 2. The van der Waals surface area contributed by atoms with Crippen LogP contribution in [0.5, 0.6) is 5.75 Å². The van der Waals surface area contributed by atoms with Crippen molar-refractivity contribution in [1.82, 2.24) is 5.32 Å². The molecule has 3 heteroatoms. The number of rotatable bonds is 1. The van der Waals surface area contributed by atoms with Gasteiger partial charge in [0, 0.05) is 18.0 Å². The van der Waals surface area contributed by atoms with Crippen LogP contribution >= 0.6 is 0 Å². The van der Waals surface area contributed by atoms with E-state index >= 15 is 0 Å². The molecule has 1 heterocycles. The Hall–Kier alpha value is -1.09. The minimum atomic E-state index is -0.182. The first-order chi connectivity index (χ1) is 9.62. The predicted octanol–water partition coefficient (Wildman–Crippen LogP) is 4.21. The van der Waals surface area contributed by atoms with Gasteiger partial charge in [-0.2, -0.15) is 0 Å². The summed E-state index contributed by atoms with van der Waals surface area (Å²) in [4.78, 5) is 0. The number of fused-ring (bicyclic) bond motifs is 1. The van der Waals surface area contributed by atoms with Gasteiger partial charge in [-0.25, -0.2) is 4.39 Å². The van der Waals surface area contributed by atoms with Crippen molar-refractivity contribution < 1.29 is 9.13 Å². The van der Waals surface area contributed by atoms with E-state index in [1.54, 1.807) is 12.1 Å². The lowest BCUT2D eigenvalue weighted by atomic mass is 9.82. The largest absolute Gasteiger partial charge is 0.487 e. The second-order valence-corrected chi connectivity index (χ2v) is 6.55. The molecular formula is C17H24FNO. The third kappa shape index (κ3) is 2.56. The highest BCUT2D eigenvalue weighted by Gasteiger charge is 2.41. The lowest BCUT2D eigenvalue weighted by Crippen LogP contribution is -2.43. The lowest BCUT2D eigenvalue weighted by molar-refractivity contribution is 0.0162. The molecule has 0 bridgehead atoms. The van der Waals surface area contributed by atoms with Crippen LogP contribution in [0.1, 0.15) is 57.1 Å². The average Bonchev–Trinajstić information content (AvgIpc) is 2.61. The highest BCUT2D eigenvalue weighted by molar-refractivity contribution is 5.39. The Kier molecular flexibility index (Phi) is 3.72. The Morgan fingerprint density at radius 1 is 1.30 bits per heavy atom. The topological polar surface area (TPSA) is 21.3 Å². The fourth-order valence-corrected chi connectivity index (χ4v) is 3.76. The first kappa shape index (κ1) is 13.9. The summed E-state index contributed by atoms with van der Waals surface area (Å²) in [6, 6.07) is 5.11. The van der Waals surface area contributed by atoms with Crippen LogP contribution in [-0.2, 0) is 0 Å². The van der Waals surface area contributed by atoms with Crippen molar-refractivity contribution >= 4 is 0 Å². The van der Waals surface area contributed by atoms with Crippen LogP contribution in [0.3, 0.4) is 0 Å². The van der Waals surface area contributed by atoms with Gasteiger partial charge in [0.2, 0.25) is 0 Å². The van der Waals surface area contributed by atoms with Crippen molar-refractivity contribution in [3.8, 4) is 5.75 Å². The van der Waals surface area contributed by atoms with E-state index < -0.39 is 0 Å². The number of benzene rings is 1. The molecule has 1 aliphatic heterocycles. The van der Waals surface area contributed by atoms with E-state index in [4.69, 9.17) is 4.74 Å². The molecule has 3 atom stereocenters. The van der Waals surface area contributed by atoms with E-state index in [0.29, 0.717) is 0 Å². The minimum absolute atomic E-state index is 0.0523. The molecule has 1 spiro atoms. The molecule has 0 saturated heterocycles. The molecule has 1 aliphatic carbocycles. The maximum Gasteiger partial charge on any atom is 0.125 e. The number of hydrogen-bond donors (Lipinski definition) is 1. The first-order valence-electron chi connectivity index (χ1n) is 7.78. The summed E-state index contributed by atoms with van der Waals surface area (Å²) in [7, 11) is 1.96. The van der Waals surface area contributed by atoms with Crippen LogP contribution in [0.2, 0.25) is 0 Å². The van der Waals surface area contributed by atoms with Crippen molar-refractivity contribution in [2.75, 3.05) is 7.05 Å². The fraction of sp³-hybridized carbons (Fsp3) is 0.647. The number of halogens is 1. The zero-order valence-electron chi connectivity index (χ0n) is 12.4. The Morgan fingerprint density at radius 2 is 2.15 bits per heavy atom. The van der Waals surface area contributed by atoms with Crippen molar-refractivity contribution in [1.29, 1.82) is 0 Å². The average molecular weight is 277 g/mol. The predicted molar refractivity (Wildman–Crippen MR) is 78.4 cm³/mol. The molecule has 20 heavy (non-hydrogen) atoms. The van der Waals surface area contributed by atoms with Gasteiger partial charge in [-0.1, -0.05) is 13.3 Å². The van der Waals surface area contributed by atoms with Crippen molar-refractivity contribution in [3.05, 3.63) is 29.6 Å². The van der Waals surface area contributed by atoms with Gasteiger partial charge >= 0.3 is 0 Å². The maximum atomic E-state index is 13.5. The fourth-order valence-electron chi connectivity index (χ4n) is 3.76. The highest BCUT2D eigenvalue weighted by Crippen LogP contribution is 2.46. The van der Waals surface area contributed by atoms with Crippen LogP contribution < -0.4 is 10.1 Å². The van der Waals surface area contributed by atoms with E-state index in [2.05, 4.69) is 12.2 Å². The monoisotopic (exact) mass is 277 g/mol. The molecule has 1 fully saturated rings. The number of ether oxygens (including phenoxy) is 1. The van der Waals surface area contributed by atoms with Crippen LogP contribution in [0.4, 0.5) is 4.39 Å². The summed E-state index contributed by atoms with van der Waals surface area (Å²) in [5.74, 6) is 1.48. The third-order valence-corrected chi connectivity index (χ3v) is 5.02. The molecule has 0 aromatic heterocycles. The summed E-state index contributed by atoms with van der Waals surface area (Å²) in [6.07, 6.45) is 6.94.